The average molecular weight is 263 g/mol. The van der Waals surface area contributed by atoms with Crippen LogP contribution in [0.4, 0.5) is 5.69 Å². The molecule has 0 fully saturated rings. The Balaban J connectivity index is 0.000000845. The molecule has 3 heteroatoms. The molecule has 0 amide bonds. The summed E-state index contributed by atoms with van der Waals surface area (Å²) in [5.74, 6) is 0. The van der Waals surface area contributed by atoms with Gasteiger partial charge < -0.3 is 4.90 Å². The molecular formula is C10H13BrClN. The number of rotatable bonds is 0. The summed E-state index contributed by atoms with van der Waals surface area (Å²) in [6.07, 6.45) is 2.50. The highest BCUT2D eigenvalue weighted by molar-refractivity contribution is 9.10. The normalized spacial score (nSPS) is 14.8. The molecule has 0 radical (unpaired) electrons. The van der Waals surface area contributed by atoms with E-state index >= 15 is 0 Å². The van der Waals surface area contributed by atoms with Gasteiger partial charge in [-0.25, -0.2) is 0 Å². The zero-order valence-electron chi connectivity index (χ0n) is 7.59. The van der Waals surface area contributed by atoms with Crippen molar-refractivity contribution < 1.29 is 0 Å². The van der Waals surface area contributed by atoms with E-state index < -0.39 is 0 Å². The summed E-state index contributed by atoms with van der Waals surface area (Å²) in [6.45, 7) is 1.19. The van der Waals surface area contributed by atoms with E-state index in [9.17, 15) is 0 Å². The predicted molar refractivity (Wildman–Crippen MR) is 63.0 cm³/mol. The van der Waals surface area contributed by atoms with Crippen LogP contribution >= 0.6 is 28.3 Å². The van der Waals surface area contributed by atoms with Crippen molar-refractivity contribution in [3.63, 3.8) is 0 Å². The fourth-order valence-corrected chi connectivity index (χ4v) is 2.16. The zero-order valence-corrected chi connectivity index (χ0v) is 9.99. The van der Waals surface area contributed by atoms with Gasteiger partial charge in [0.25, 0.3) is 0 Å². The second kappa shape index (κ2) is 4.34. The maximum atomic E-state index is 3.49. The molecule has 1 aromatic carbocycles. The molecule has 0 saturated carbocycles. The Morgan fingerprint density at radius 2 is 2.15 bits per heavy atom. The maximum Gasteiger partial charge on any atom is 0.0396 e. The van der Waals surface area contributed by atoms with Crippen molar-refractivity contribution in [2.45, 2.75) is 12.8 Å². The Labute approximate surface area is 93.7 Å². The van der Waals surface area contributed by atoms with Crippen LogP contribution in [0, 0.1) is 0 Å². The number of fused-ring (bicyclic) bond motifs is 1. The lowest BCUT2D eigenvalue weighted by Gasteiger charge is -2.27. The van der Waals surface area contributed by atoms with Gasteiger partial charge in [-0.1, -0.05) is 15.9 Å². The van der Waals surface area contributed by atoms with E-state index in [2.05, 4.69) is 46.1 Å². The molecule has 0 atom stereocenters. The standard InChI is InChI=1S/C10H12BrN.ClH/c1-12-6-2-3-8-7-9(11)4-5-10(8)12;/h4-5,7H,2-3,6H2,1H3;1H. The van der Waals surface area contributed by atoms with Gasteiger partial charge in [0.15, 0.2) is 0 Å². The van der Waals surface area contributed by atoms with Crippen LogP contribution in [0.1, 0.15) is 12.0 Å². The van der Waals surface area contributed by atoms with Crippen LogP contribution in [-0.2, 0) is 6.42 Å². The number of benzene rings is 1. The zero-order chi connectivity index (χ0) is 8.55. The van der Waals surface area contributed by atoms with Crippen molar-refractivity contribution in [1.82, 2.24) is 0 Å². The molecule has 2 rings (SSSR count). The SMILES string of the molecule is CN1CCCc2cc(Br)ccc21.Cl. The van der Waals surface area contributed by atoms with Gasteiger partial charge in [0.1, 0.15) is 0 Å². The van der Waals surface area contributed by atoms with Crippen LogP contribution in [0.2, 0.25) is 0 Å². The molecule has 0 saturated heterocycles. The van der Waals surface area contributed by atoms with E-state index in [-0.39, 0.29) is 12.4 Å². The van der Waals surface area contributed by atoms with Crippen molar-refractivity contribution in [1.29, 1.82) is 0 Å². The molecule has 0 aromatic heterocycles. The van der Waals surface area contributed by atoms with E-state index in [0.29, 0.717) is 0 Å². The summed E-state index contributed by atoms with van der Waals surface area (Å²) in [5.41, 5.74) is 2.86. The van der Waals surface area contributed by atoms with Gasteiger partial charge in [-0.3, -0.25) is 0 Å². The van der Waals surface area contributed by atoms with Gasteiger partial charge in [0.05, 0.1) is 0 Å². The van der Waals surface area contributed by atoms with Gasteiger partial charge in [0, 0.05) is 23.8 Å². The maximum absolute atomic E-state index is 3.49. The first-order valence-electron chi connectivity index (χ1n) is 4.27. The molecule has 0 spiro atoms. The monoisotopic (exact) mass is 261 g/mol. The van der Waals surface area contributed by atoms with Crippen LogP contribution in [-0.4, -0.2) is 13.6 Å². The number of anilines is 1. The minimum atomic E-state index is 0. The fourth-order valence-electron chi connectivity index (χ4n) is 1.75. The van der Waals surface area contributed by atoms with Crippen molar-refractivity contribution in [3.05, 3.63) is 28.2 Å². The average Bonchev–Trinajstić information content (AvgIpc) is 2.04. The predicted octanol–water partition coefficient (Wildman–Crippen LogP) is 3.25. The summed E-state index contributed by atoms with van der Waals surface area (Å²) in [4.78, 5) is 2.32. The van der Waals surface area contributed by atoms with E-state index in [1.807, 2.05) is 0 Å². The van der Waals surface area contributed by atoms with Crippen LogP contribution in [0.25, 0.3) is 0 Å². The second-order valence-corrected chi connectivity index (χ2v) is 4.21. The summed E-state index contributed by atoms with van der Waals surface area (Å²) < 4.78 is 1.19. The lowest BCUT2D eigenvalue weighted by molar-refractivity contribution is 0.744. The van der Waals surface area contributed by atoms with Crippen LogP contribution < -0.4 is 4.90 Å². The third kappa shape index (κ3) is 2.18. The quantitative estimate of drug-likeness (QED) is 0.694. The largest absolute Gasteiger partial charge is 0.374 e. The lowest BCUT2D eigenvalue weighted by atomic mass is 10.0. The van der Waals surface area contributed by atoms with Crippen molar-refractivity contribution >= 4 is 34.0 Å². The number of halogens is 2. The summed E-state index contributed by atoms with van der Waals surface area (Å²) in [7, 11) is 2.16. The first kappa shape index (κ1) is 10.9. The molecule has 1 nitrogen and oxygen atoms in total. The number of hydrogen-bond donors (Lipinski definition) is 0. The van der Waals surface area contributed by atoms with Gasteiger partial charge in [-0.15, -0.1) is 12.4 Å². The Hall–Kier alpha value is -0.210. The van der Waals surface area contributed by atoms with Crippen molar-refractivity contribution in [3.8, 4) is 0 Å². The van der Waals surface area contributed by atoms with E-state index in [1.165, 1.54) is 35.1 Å². The molecule has 0 aliphatic carbocycles. The molecule has 13 heavy (non-hydrogen) atoms. The molecular weight excluding hydrogens is 249 g/mol. The highest BCUT2D eigenvalue weighted by atomic mass is 79.9. The van der Waals surface area contributed by atoms with Crippen LogP contribution in [0.15, 0.2) is 22.7 Å². The van der Waals surface area contributed by atoms with Crippen LogP contribution in [0.5, 0.6) is 0 Å². The Morgan fingerprint density at radius 1 is 1.38 bits per heavy atom. The highest BCUT2D eigenvalue weighted by Crippen LogP contribution is 2.28. The van der Waals surface area contributed by atoms with Gasteiger partial charge in [-0.05, 0) is 36.6 Å². The van der Waals surface area contributed by atoms with Gasteiger partial charge >= 0.3 is 0 Å². The Morgan fingerprint density at radius 3 is 2.92 bits per heavy atom. The Kier molecular flexibility index (Phi) is 3.63. The number of aryl methyl sites for hydroxylation is 1. The van der Waals surface area contributed by atoms with E-state index in [4.69, 9.17) is 0 Å². The van der Waals surface area contributed by atoms with E-state index in [0.717, 1.165) is 0 Å². The summed E-state index contributed by atoms with van der Waals surface area (Å²) >= 11 is 3.49. The third-order valence-corrected chi connectivity index (χ3v) is 2.89. The van der Waals surface area contributed by atoms with Gasteiger partial charge in [0.2, 0.25) is 0 Å². The minimum absolute atomic E-state index is 0. The highest BCUT2D eigenvalue weighted by Gasteiger charge is 2.12. The minimum Gasteiger partial charge on any atom is -0.374 e. The van der Waals surface area contributed by atoms with Crippen molar-refractivity contribution in [2.75, 3.05) is 18.5 Å². The summed E-state index contributed by atoms with van der Waals surface area (Å²) in [5, 5.41) is 0. The first-order valence-corrected chi connectivity index (χ1v) is 5.06. The molecule has 0 N–H and O–H groups in total. The van der Waals surface area contributed by atoms with Gasteiger partial charge in [-0.2, -0.15) is 0 Å². The van der Waals surface area contributed by atoms with Crippen LogP contribution in [0.3, 0.4) is 0 Å². The Bertz CT molecular complexity index is 301. The smallest absolute Gasteiger partial charge is 0.0396 e. The molecule has 0 bridgehead atoms. The number of hydrogen-bond acceptors (Lipinski definition) is 1. The first-order chi connectivity index (χ1) is 5.77. The molecule has 1 heterocycles. The van der Waals surface area contributed by atoms with Crippen molar-refractivity contribution in [2.24, 2.45) is 0 Å². The van der Waals surface area contributed by atoms with E-state index in [1.54, 1.807) is 0 Å². The molecule has 1 aliphatic rings. The second-order valence-electron chi connectivity index (χ2n) is 3.30. The fraction of sp³-hybridized carbons (Fsp3) is 0.400. The lowest BCUT2D eigenvalue weighted by Crippen LogP contribution is -2.24. The molecule has 1 aliphatic heterocycles. The topological polar surface area (TPSA) is 3.24 Å². The summed E-state index contributed by atoms with van der Waals surface area (Å²) in [6, 6.07) is 6.53. The molecule has 72 valence electrons. The number of nitrogens with zero attached hydrogens (tertiary/aromatic N) is 1. The molecule has 1 aromatic rings. The molecule has 0 unspecified atom stereocenters. The third-order valence-electron chi connectivity index (χ3n) is 2.39.